The predicted octanol–water partition coefficient (Wildman–Crippen LogP) is 3.12. The second kappa shape index (κ2) is 19.5. The van der Waals surface area contributed by atoms with Crippen molar-refractivity contribution >= 4 is 82.6 Å². The van der Waals surface area contributed by atoms with Crippen LogP contribution in [0.3, 0.4) is 0 Å². The molecule has 0 aliphatic carbocycles. The Labute approximate surface area is 406 Å². The summed E-state index contributed by atoms with van der Waals surface area (Å²) in [4.78, 5) is 70.3. The lowest BCUT2D eigenvalue weighted by atomic mass is 10.0. The molecule has 4 aromatic carbocycles. The highest BCUT2D eigenvalue weighted by Crippen LogP contribution is 2.38. The van der Waals surface area contributed by atoms with Crippen molar-refractivity contribution in [3.63, 3.8) is 0 Å². The van der Waals surface area contributed by atoms with Gasteiger partial charge in [-0.15, -0.1) is 0 Å². The maximum Gasteiger partial charge on any atom is 0.472 e. The van der Waals surface area contributed by atoms with Gasteiger partial charge in [-0.2, -0.15) is 23.4 Å². The number of nitrogen functional groups attached to an aromatic ring is 1. The van der Waals surface area contributed by atoms with Crippen molar-refractivity contribution in [1.82, 2.24) is 45.6 Å². The Morgan fingerprint density at radius 1 is 0.694 bits per heavy atom. The molecule has 7 amide bonds. The molecule has 2 aliphatic rings. The highest BCUT2D eigenvalue weighted by atomic mass is 32.2. The van der Waals surface area contributed by atoms with Crippen LogP contribution in [0.25, 0.3) is 21.8 Å². The van der Waals surface area contributed by atoms with Crippen molar-refractivity contribution in [2.75, 3.05) is 53.2 Å². The first-order chi connectivity index (χ1) is 33.9. The molecule has 2 fully saturated rings. The molecule has 8 rings (SSSR count). The summed E-state index contributed by atoms with van der Waals surface area (Å²) in [6, 6.07) is 12.6. The number of benzene rings is 4. The number of alkyl halides is 3. The number of amides is 7. The van der Waals surface area contributed by atoms with E-state index >= 15 is 8.78 Å². The molecule has 21 nitrogen and oxygen atoms in total. The van der Waals surface area contributed by atoms with Crippen molar-refractivity contribution in [3.8, 4) is 0 Å². The van der Waals surface area contributed by atoms with E-state index in [0.29, 0.717) is 17.0 Å². The van der Waals surface area contributed by atoms with Gasteiger partial charge in [0.05, 0.1) is 53.8 Å². The van der Waals surface area contributed by atoms with E-state index in [2.05, 4.69) is 10.2 Å². The average Bonchev–Trinajstić information content (AvgIpc) is 3.91. The van der Waals surface area contributed by atoms with Crippen molar-refractivity contribution in [1.29, 1.82) is 0 Å². The van der Waals surface area contributed by atoms with Crippen LogP contribution in [0.5, 0.6) is 0 Å². The van der Waals surface area contributed by atoms with Crippen LogP contribution in [-0.4, -0.2) is 126 Å². The third-order valence-electron chi connectivity index (χ3n) is 12.4. The van der Waals surface area contributed by atoms with E-state index in [9.17, 15) is 54.0 Å². The number of fused-ring (bicyclic) bond motifs is 2. The van der Waals surface area contributed by atoms with E-state index < -0.39 is 108 Å². The Morgan fingerprint density at radius 3 is 1.86 bits per heavy atom. The number of halogens is 5. The molecule has 2 saturated heterocycles. The normalized spacial score (nSPS) is 16.6. The number of hydrazine groups is 2. The third kappa shape index (κ3) is 10.4. The van der Waals surface area contributed by atoms with Crippen LogP contribution in [0.15, 0.2) is 79.1 Å². The molecule has 1 atom stereocenters. The monoisotopic (exact) mass is 1040 g/mol. The van der Waals surface area contributed by atoms with E-state index in [-0.39, 0.29) is 65.3 Å². The van der Waals surface area contributed by atoms with E-state index in [1.807, 2.05) is 5.43 Å². The summed E-state index contributed by atoms with van der Waals surface area (Å²) in [6.45, 7) is -2.33. The minimum absolute atomic E-state index is 0.00666. The van der Waals surface area contributed by atoms with Gasteiger partial charge in [0.25, 0.3) is 11.8 Å². The van der Waals surface area contributed by atoms with Gasteiger partial charge in [0.15, 0.2) is 19.7 Å². The van der Waals surface area contributed by atoms with Crippen molar-refractivity contribution < 1.29 is 62.8 Å². The van der Waals surface area contributed by atoms with Gasteiger partial charge < -0.3 is 9.80 Å². The summed E-state index contributed by atoms with van der Waals surface area (Å²) in [5.41, 5.74) is 5.00. The number of nitrogens with zero attached hydrogens (tertiary/aromatic N) is 8. The van der Waals surface area contributed by atoms with E-state index in [4.69, 9.17) is 5.84 Å². The minimum atomic E-state index is -5.34. The van der Waals surface area contributed by atoms with Crippen molar-refractivity contribution in [3.05, 3.63) is 119 Å². The second-order valence-electron chi connectivity index (χ2n) is 16.9. The standard InChI is InChI=1S/C44H43F5N12O9S2/c1-56-36-18-30(8-7-27(36)20-51-56)60(22-28-5-3-25(15-34(28)45)39(62)53-50)43(66)59-11-14-72(69,70)38(24-59)32-17-31(19-37-33(32)21-52-57(37)2)61(42(65)58-9-12-71(67,68)13-10-58)23-29-6-4-26(16-35(29)46)40(63)54-55-41(64)44(47,48)49/h3-8,15-21,38H,9-14,22-24,50H2,1-2H3,(H,53,62)(H,54,63)(H,55,64). The van der Waals surface area contributed by atoms with E-state index in [0.717, 1.165) is 28.5 Å². The van der Waals surface area contributed by atoms with E-state index in [1.54, 1.807) is 36.1 Å². The Balaban J connectivity index is 1.17. The van der Waals surface area contributed by atoms with Gasteiger partial charge in [0.2, 0.25) is 0 Å². The van der Waals surface area contributed by atoms with Crippen LogP contribution >= 0.6 is 0 Å². The lowest BCUT2D eigenvalue weighted by Gasteiger charge is -2.37. The van der Waals surface area contributed by atoms with Crippen LogP contribution in [-0.2, 0) is 51.7 Å². The Morgan fingerprint density at radius 2 is 1.25 bits per heavy atom. The Bertz CT molecular complexity index is 3410. The van der Waals surface area contributed by atoms with Gasteiger partial charge in [0.1, 0.15) is 16.9 Å². The highest BCUT2D eigenvalue weighted by molar-refractivity contribution is 7.91. The number of nitrogens with one attached hydrogen (secondary N) is 3. The molecule has 2 aromatic heterocycles. The number of hydrogen-bond acceptors (Lipinski definition) is 12. The quantitative estimate of drug-likeness (QED) is 0.0705. The summed E-state index contributed by atoms with van der Waals surface area (Å²) < 4.78 is 126. The zero-order valence-electron chi connectivity index (χ0n) is 38.0. The number of aromatic nitrogens is 4. The smallest absolute Gasteiger partial charge is 0.322 e. The molecule has 0 spiro atoms. The molecule has 1 unspecified atom stereocenters. The number of urea groups is 2. The largest absolute Gasteiger partial charge is 0.472 e. The molecular weight excluding hydrogens is 1000 g/mol. The number of aryl methyl sites for hydroxylation is 2. The number of sulfone groups is 2. The van der Waals surface area contributed by atoms with Crippen LogP contribution < -0.4 is 31.9 Å². The molecule has 380 valence electrons. The Hall–Kier alpha value is -7.72. The number of nitrogens with two attached hydrogens (primary N) is 1. The number of hydrogen-bond donors (Lipinski definition) is 4. The molecule has 0 saturated carbocycles. The molecule has 72 heavy (non-hydrogen) atoms. The van der Waals surface area contributed by atoms with Gasteiger partial charge >= 0.3 is 24.1 Å². The molecule has 5 N–H and O–H groups in total. The van der Waals surface area contributed by atoms with Crippen LogP contribution in [0.4, 0.5) is 42.9 Å². The molecular formula is C44H43F5N12O9S2. The fourth-order valence-corrected chi connectivity index (χ4v) is 11.3. The first-order valence-corrected chi connectivity index (χ1v) is 25.2. The number of carbonyl (C=O) groups is 5. The van der Waals surface area contributed by atoms with Gasteiger partial charge in [-0.1, -0.05) is 12.1 Å². The SMILES string of the molecule is Cn1ncc2ccc(N(Cc3ccc(C(=O)NN)cc3F)C(=O)N3CCS(=O)(=O)C(c4cc(N(Cc5ccc(C(=O)NNC(=O)C(F)(F)F)cc5F)C(=O)N5CCS(=O)(=O)CC5)cc5c4cnn5C)C3)cc21. The molecule has 28 heteroatoms. The summed E-state index contributed by atoms with van der Waals surface area (Å²) in [7, 11) is -4.46. The summed E-state index contributed by atoms with van der Waals surface area (Å²) in [5, 5.41) is 8.11. The first kappa shape index (κ1) is 50.7. The van der Waals surface area contributed by atoms with Gasteiger partial charge in [-0.3, -0.25) is 49.8 Å². The Kier molecular flexibility index (Phi) is 13.7. The molecule has 2 aliphatic heterocycles. The van der Waals surface area contributed by atoms with Gasteiger partial charge in [0, 0.05) is 84.7 Å². The van der Waals surface area contributed by atoms with E-state index in [1.165, 1.54) is 67.7 Å². The topological polar surface area (TPSA) is 264 Å². The zero-order valence-corrected chi connectivity index (χ0v) is 39.6. The van der Waals surface area contributed by atoms with Crippen LogP contribution in [0, 0.1) is 11.6 Å². The van der Waals surface area contributed by atoms with Gasteiger partial charge in [-0.05, 0) is 60.2 Å². The molecule has 4 heterocycles. The van der Waals surface area contributed by atoms with Crippen molar-refractivity contribution in [2.45, 2.75) is 24.5 Å². The molecule has 0 radical (unpaired) electrons. The zero-order chi connectivity index (χ0) is 52.0. The maximum atomic E-state index is 16.0. The maximum absolute atomic E-state index is 16.0. The fraction of sp³-hybridized carbons (Fsp3) is 0.295. The van der Waals surface area contributed by atoms with Crippen LogP contribution in [0.1, 0.15) is 42.7 Å². The number of anilines is 2. The fourth-order valence-electron chi connectivity index (χ4n) is 8.33. The summed E-state index contributed by atoms with van der Waals surface area (Å²) >= 11 is 0. The third-order valence-corrected chi connectivity index (χ3v) is 16.0. The predicted molar refractivity (Wildman–Crippen MR) is 249 cm³/mol. The minimum Gasteiger partial charge on any atom is -0.322 e. The van der Waals surface area contributed by atoms with Gasteiger partial charge in [-0.25, -0.2) is 41.0 Å². The van der Waals surface area contributed by atoms with Crippen molar-refractivity contribution in [2.24, 2.45) is 19.9 Å². The number of rotatable bonds is 9. The first-order valence-electron chi connectivity index (χ1n) is 21.6. The molecule has 0 bridgehead atoms. The summed E-state index contributed by atoms with van der Waals surface area (Å²) in [5.74, 6) is -2.65. The second-order valence-corrected chi connectivity index (χ2v) is 21.5. The number of carbonyl (C=O) groups excluding carboxylic acids is 5. The lowest BCUT2D eigenvalue weighted by Crippen LogP contribution is -2.51. The summed E-state index contributed by atoms with van der Waals surface area (Å²) in [6.07, 6.45) is -2.34. The lowest BCUT2D eigenvalue weighted by molar-refractivity contribution is -0.174. The highest BCUT2D eigenvalue weighted by Gasteiger charge is 2.41. The molecule has 6 aromatic rings. The average molecular weight is 1040 g/mol. The van der Waals surface area contributed by atoms with Crippen LogP contribution in [0.2, 0.25) is 0 Å².